The number of halogens is 3. The van der Waals surface area contributed by atoms with Crippen LogP contribution in [0.2, 0.25) is 0 Å². The van der Waals surface area contributed by atoms with Crippen LogP contribution in [0.5, 0.6) is 17.2 Å². The van der Waals surface area contributed by atoms with Gasteiger partial charge in [-0.2, -0.15) is 0 Å². The third-order valence-corrected chi connectivity index (χ3v) is 7.57. The van der Waals surface area contributed by atoms with E-state index in [4.69, 9.17) is 4.74 Å². The summed E-state index contributed by atoms with van der Waals surface area (Å²) in [4.78, 5) is 24.3. The molecule has 35 heavy (non-hydrogen) atoms. The standard InChI is InChI=1S/C22H23F3N2O7S/c1-16(29)26-12-10-21(11-13-26,27(30)15-28)14-35(31,32)20-8-6-18(7-9-20)33-17-2-4-19(5-3-17)34-22(23,24)25/h2-9,15,30H,10-14H2,1H3. The van der Waals surface area contributed by atoms with Crippen LogP contribution in [0.4, 0.5) is 13.2 Å². The van der Waals surface area contributed by atoms with Gasteiger partial charge in [0.25, 0.3) is 0 Å². The first-order chi connectivity index (χ1) is 16.3. The molecule has 0 aromatic heterocycles. The monoisotopic (exact) mass is 516 g/mol. The van der Waals surface area contributed by atoms with Crippen molar-refractivity contribution in [3.8, 4) is 17.2 Å². The summed E-state index contributed by atoms with van der Waals surface area (Å²) in [6.07, 6.45) is -4.50. The normalized spacial score (nSPS) is 15.9. The van der Waals surface area contributed by atoms with E-state index in [1.807, 2.05) is 0 Å². The molecule has 0 spiro atoms. The van der Waals surface area contributed by atoms with Crippen molar-refractivity contribution in [2.45, 2.75) is 36.6 Å². The van der Waals surface area contributed by atoms with E-state index in [0.29, 0.717) is 5.06 Å². The summed E-state index contributed by atoms with van der Waals surface area (Å²) < 4.78 is 72.2. The average Bonchev–Trinajstić information content (AvgIpc) is 2.79. The molecule has 1 saturated heterocycles. The lowest BCUT2D eigenvalue weighted by Gasteiger charge is -2.43. The van der Waals surface area contributed by atoms with Crippen LogP contribution in [0.15, 0.2) is 53.4 Å². The van der Waals surface area contributed by atoms with E-state index in [0.717, 1.165) is 12.1 Å². The molecule has 0 bridgehead atoms. The number of carbonyl (C=O) groups excluding carboxylic acids is 2. The molecule has 3 rings (SSSR count). The number of hydrogen-bond donors (Lipinski definition) is 1. The summed E-state index contributed by atoms with van der Waals surface area (Å²) >= 11 is 0. The molecule has 2 aromatic carbocycles. The second-order valence-electron chi connectivity index (χ2n) is 8.03. The Balaban J connectivity index is 1.71. The second-order valence-corrected chi connectivity index (χ2v) is 10.0. The van der Waals surface area contributed by atoms with E-state index >= 15 is 0 Å². The topological polar surface area (TPSA) is 113 Å². The van der Waals surface area contributed by atoms with Crippen molar-refractivity contribution in [3.05, 3.63) is 48.5 Å². The Morgan fingerprint density at radius 3 is 2.00 bits per heavy atom. The van der Waals surface area contributed by atoms with Crippen molar-refractivity contribution in [3.63, 3.8) is 0 Å². The molecule has 1 heterocycles. The van der Waals surface area contributed by atoms with Crippen molar-refractivity contribution >= 4 is 22.2 Å². The van der Waals surface area contributed by atoms with Crippen LogP contribution < -0.4 is 9.47 Å². The van der Waals surface area contributed by atoms with Crippen molar-refractivity contribution in [1.29, 1.82) is 0 Å². The summed E-state index contributed by atoms with van der Waals surface area (Å²) in [5.41, 5.74) is -1.39. The molecule has 1 aliphatic rings. The molecular formula is C22H23F3N2O7S. The fourth-order valence-electron chi connectivity index (χ4n) is 3.79. The molecule has 2 amide bonds. The summed E-state index contributed by atoms with van der Waals surface area (Å²) in [6.45, 7) is 1.76. The molecule has 0 radical (unpaired) electrons. The molecule has 9 nitrogen and oxygen atoms in total. The van der Waals surface area contributed by atoms with Crippen LogP contribution in [0.3, 0.4) is 0 Å². The fraction of sp³-hybridized carbons (Fsp3) is 0.364. The molecule has 2 aromatic rings. The molecule has 0 saturated carbocycles. The van der Waals surface area contributed by atoms with Crippen molar-refractivity contribution in [2.24, 2.45) is 0 Å². The Morgan fingerprint density at radius 1 is 1.06 bits per heavy atom. The Labute approximate surface area is 199 Å². The van der Waals surface area contributed by atoms with Crippen LogP contribution in [0.1, 0.15) is 19.8 Å². The van der Waals surface area contributed by atoms with Crippen LogP contribution in [0.25, 0.3) is 0 Å². The van der Waals surface area contributed by atoms with E-state index in [1.165, 1.54) is 48.2 Å². The Hall–Kier alpha value is -3.32. The quantitative estimate of drug-likeness (QED) is 0.325. The van der Waals surface area contributed by atoms with E-state index in [9.17, 15) is 36.4 Å². The highest BCUT2D eigenvalue weighted by molar-refractivity contribution is 7.91. The van der Waals surface area contributed by atoms with Crippen LogP contribution in [-0.2, 0) is 19.4 Å². The minimum absolute atomic E-state index is 0.0774. The summed E-state index contributed by atoms with van der Waals surface area (Å²) in [6, 6.07) is 9.98. The zero-order valence-electron chi connectivity index (χ0n) is 18.6. The predicted octanol–water partition coefficient (Wildman–Crippen LogP) is 3.38. The van der Waals surface area contributed by atoms with Gasteiger partial charge in [0, 0.05) is 20.0 Å². The zero-order chi connectivity index (χ0) is 25.9. The lowest BCUT2D eigenvalue weighted by molar-refractivity contribution is -0.274. The first-order valence-corrected chi connectivity index (χ1v) is 12.0. The molecule has 1 aliphatic heterocycles. The predicted molar refractivity (Wildman–Crippen MR) is 116 cm³/mol. The number of amides is 2. The van der Waals surface area contributed by atoms with E-state index in [2.05, 4.69) is 4.74 Å². The average molecular weight is 516 g/mol. The van der Waals surface area contributed by atoms with E-state index in [-0.39, 0.29) is 54.6 Å². The minimum atomic E-state index is -4.81. The number of rotatable bonds is 8. The lowest BCUT2D eigenvalue weighted by atomic mass is 9.89. The second kappa shape index (κ2) is 10.1. The van der Waals surface area contributed by atoms with Crippen LogP contribution in [0, 0.1) is 0 Å². The Morgan fingerprint density at radius 2 is 1.54 bits per heavy atom. The van der Waals surface area contributed by atoms with Gasteiger partial charge < -0.3 is 14.4 Å². The molecule has 190 valence electrons. The number of likely N-dealkylation sites (tertiary alicyclic amines) is 1. The highest BCUT2D eigenvalue weighted by atomic mass is 32.2. The van der Waals surface area contributed by atoms with E-state index < -0.39 is 33.2 Å². The number of hydrogen-bond acceptors (Lipinski definition) is 7. The maximum Gasteiger partial charge on any atom is 0.573 e. The molecule has 0 aliphatic carbocycles. The van der Waals surface area contributed by atoms with Gasteiger partial charge in [-0.1, -0.05) is 0 Å². The van der Waals surface area contributed by atoms with Gasteiger partial charge in [0.05, 0.1) is 16.2 Å². The van der Waals surface area contributed by atoms with Crippen molar-refractivity contribution in [1.82, 2.24) is 9.96 Å². The SMILES string of the molecule is CC(=O)N1CCC(CS(=O)(=O)c2ccc(Oc3ccc(OC(F)(F)F)cc3)cc2)(N(O)C=O)CC1. The van der Waals surface area contributed by atoms with Gasteiger partial charge in [-0.3, -0.25) is 14.8 Å². The van der Waals surface area contributed by atoms with Gasteiger partial charge in [0.2, 0.25) is 12.3 Å². The first kappa shape index (κ1) is 26.3. The third kappa shape index (κ3) is 6.63. The number of hydroxylamine groups is 2. The van der Waals surface area contributed by atoms with Gasteiger partial charge in [0.1, 0.15) is 17.2 Å². The number of alkyl halides is 3. The highest BCUT2D eigenvalue weighted by Gasteiger charge is 2.44. The van der Waals surface area contributed by atoms with Gasteiger partial charge in [-0.05, 0) is 61.4 Å². The third-order valence-electron chi connectivity index (χ3n) is 5.66. The van der Waals surface area contributed by atoms with Crippen molar-refractivity contribution in [2.75, 3.05) is 18.8 Å². The summed E-state index contributed by atoms with van der Waals surface area (Å²) in [7, 11) is -3.97. The Bertz CT molecular complexity index is 1150. The van der Waals surface area contributed by atoms with Crippen LogP contribution in [-0.4, -0.2) is 66.6 Å². The zero-order valence-corrected chi connectivity index (χ0v) is 19.4. The molecule has 0 atom stereocenters. The summed E-state index contributed by atoms with van der Waals surface area (Å²) in [5.74, 6) is -0.720. The number of benzene rings is 2. The molecule has 13 heteroatoms. The minimum Gasteiger partial charge on any atom is -0.457 e. The maximum absolute atomic E-state index is 13.1. The molecular weight excluding hydrogens is 493 g/mol. The largest absolute Gasteiger partial charge is 0.573 e. The number of sulfone groups is 1. The van der Waals surface area contributed by atoms with Gasteiger partial charge in [-0.15, -0.1) is 13.2 Å². The van der Waals surface area contributed by atoms with Crippen LogP contribution >= 0.6 is 0 Å². The first-order valence-electron chi connectivity index (χ1n) is 10.4. The van der Waals surface area contributed by atoms with Gasteiger partial charge >= 0.3 is 6.36 Å². The lowest BCUT2D eigenvalue weighted by Crippen LogP contribution is -2.58. The number of ether oxygens (including phenoxy) is 2. The molecule has 1 fully saturated rings. The maximum atomic E-state index is 13.1. The molecule has 1 N–H and O–H groups in total. The number of nitrogens with zero attached hydrogens (tertiary/aromatic N) is 2. The number of carbonyl (C=O) groups is 2. The number of piperidine rings is 1. The van der Waals surface area contributed by atoms with E-state index in [1.54, 1.807) is 0 Å². The summed E-state index contributed by atoms with van der Waals surface area (Å²) in [5, 5.41) is 10.5. The molecule has 0 unspecified atom stereocenters. The van der Waals surface area contributed by atoms with Gasteiger partial charge in [0.15, 0.2) is 9.84 Å². The van der Waals surface area contributed by atoms with Gasteiger partial charge in [-0.25, -0.2) is 13.5 Å². The van der Waals surface area contributed by atoms with Crippen molar-refractivity contribution < 1.29 is 45.9 Å². The highest BCUT2D eigenvalue weighted by Crippen LogP contribution is 2.32. The Kier molecular flexibility index (Phi) is 7.60. The fourth-order valence-corrected chi connectivity index (χ4v) is 5.63. The smallest absolute Gasteiger partial charge is 0.457 e.